The first kappa shape index (κ1) is 21.1. The second-order valence-electron chi connectivity index (χ2n) is 8.51. The van der Waals surface area contributed by atoms with E-state index >= 15 is 0 Å². The molecular weight excluding hydrogens is 418 g/mol. The molecule has 6 nitrogen and oxygen atoms in total. The number of nitrogens with zero attached hydrogens (tertiary/aromatic N) is 1. The van der Waals surface area contributed by atoms with Crippen LogP contribution in [0, 0.1) is 6.92 Å². The molecule has 0 bridgehead atoms. The van der Waals surface area contributed by atoms with Gasteiger partial charge in [0.25, 0.3) is 11.7 Å². The lowest BCUT2D eigenvalue weighted by molar-refractivity contribution is -0.132. The fourth-order valence-corrected chi connectivity index (χ4v) is 4.75. The third kappa shape index (κ3) is 3.61. The largest absolute Gasteiger partial charge is 0.507 e. The topological polar surface area (TPSA) is 80.0 Å². The molecule has 6 heteroatoms. The van der Waals surface area contributed by atoms with Crippen molar-refractivity contribution in [2.75, 3.05) is 12.0 Å². The number of ether oxygens (including phenoxy) is 1. The monoisotopic (exact) mass is 443 g/mol. The first-order valence-electron chi connectivity index (χ1n) is 11.1. The highest BCUT2D eigenvalue weighted by Crippen LogP contribution is 2.43. The molecule has 33 heavy (non-hydrogen) atoms. The van der Waals surface area contributed by atoms with Crippen molar-refractivity contribution in [1.82, 2.24) is 0 Å². The molecule has 1 unspecified atom stereocenters. The predicted octanol–water partition coefficient (Wildman–Crippen LogP) is 5.10. The molecule has 1 aliphatic heterocycles. The van der Waals surface area contributed by atoms with Crippen molar-refractivity contribution in [2.45, 2.75) is 38.6 Å². The van der Waals surface area contributed by atoms with Crippen molar-refractivity contribution < 1.29 is 23.8 Å². The zero-order valence-electron chi connectivity index (χ0n) is 18.6. The van der Waals surface area contributed by atoms with Crippen molar-refractivity contribution in [1.29, 1.82) is 0 Å². The SMILES string of the molecule is COc1ccc(N2C(=O)C(=O)/C(=C(\O)c3ccc4c(c3)CCCC4)C2c2ccc(C)o2)cc1. The lowest BCUT2D eigenvalue weighted by Crippen LogP contribution is -2.29. The zero-order chi connectivity index (χ0) is 23.1. The molecule has 1 N–H and O–H groups in total. The van der Waals surface area contributed by atoms with Crippen LogP contribution < -0.4 is 9.64 Å². The first-order chi connectivity index (χ1) is 16.0. The van der Waals surface area contributed by atoms with Gasteiger partial charge in [-0.3, -0.25) is 14.5 Å². The highest BCUT2D eigenvalue weighted by Gasteiger charge is 2.48. The minimum Gasteiger partial charge on any atom is -0.507 e. The van der Waals surface area contributed by atoms with Crippen LogP contribution in [0.2, 0.25) is 0 Å². The van der Waals surface area contributed by atoms with E-state index in [2.05, 4.69) is 0 Å². The number of aliphatic hydroxyl groups excluding tert-OH is 1. The summed E-state index contributed by atoms with van der Waals surface area (Å²) in [5, 5.41) is 11.3. The summed E-state index contributed by atoms with van der Waals surface area (Å²) in [6.07, 6.45) is 4.22. The molecule has 2 aromatic carbocycles. The summed E-state index contributed by atoms with van der Waals surface area (Å²) in [5.74, 6) is 0.0755. The molecular formula is C27H25NO5. The number of furan rings is 1. The van der Waals surface area contributed by atoms with Gasteiger partial charge in [0, 0.05) is 11.3 Å². The number of fused-ring (bicyclic) bond motifs is 1. The maximum atomic E-state index is 13.2. The molecule has 0 saturated carbocycles. The number of aliphatic hydroxyl groups is 1. The average molecular weight is 443 g/mol. The Morgan fingerprint density at radius 3 is 2.39 bits per heavy atom. The van der Waals surface area contributed by atoms with Gasteiger partial charge in [0.05, 0.1) is 12.7 Å². The molecule has 1 aliphatic carbocycles. The maximum Gasteiger partial charge on any atom is 0.300 e. The van der Waals surface area contributed by atoms with Gasteiger partial charge >= 0.3 is 0 Å². The summed E-state index contributed by atoms with van der Waals surface area (Å²) in [6, 6.07) is 15.3. The summed E-state index contributed by atoms with van der Waals surface area (Å²) in [7, 11) is 1.56. The van der Waals surface area contributed by atoms with Crippen LogP contribution >= 0.6 is 0 Å². The van der Waals surface area contributed by atoms with Gasteiger partial charge in [0.1, 0.15) is 29.1 Å². The Hall–Kier alpha value is -3.80. The summed E-state index contributed by atoms with van der Waals surface area (Å²) >= 11 is 0. The number of hydrogen-bond acceptors (Lipinski definition) is 5. The molecule has 5 rings (SSSR count). The molecule has 3 aromatic rings. The van der Waals surface area contributed by atoms with Gasteiger partial charge < -0.3 is 14.3 Å². The van der Waals surface area contributed by atoms with E-state index in [-0.39, 0.29) is 11.3 Å². The van der Waals surface area contributed by atoms with Crippen LogP contribution in [0.1, 0.15) is 47.1 Å². The summed E-state index contributed by atoms with van der Waals surface area (Å²) in [4.78, 5) is 27.8. The summed E-state index contributed by atoms with van der Waals surface area (Å²) in [6.45, 7) is 1.80. The van der Waals surface area contributed by atoms with E-state index in [1.54, 1.807) is 50.4 Å². The summed E-state index contributed by atoms with van der Waals surface area (Å²) in [5.41, 5.74) is 3.54. The average Bonchev–Trinajstić information content (AvgIpc) is 3.39. The summed E-state index contributed by atoms with van der Waals surface area (Å²) < 4.78 is 11.1. The van der Waals surface area contributed by atoms with E-state index in [1.807, 2.05) is 18.2 Å². The Morgan fingerprint density at radius 2 is 1.73 bits per heavy atom. The number of benzene rings is 2. The van der Waals surface area contributed by atoms with Crippen LogP contribution in [0.25, 0.3) is 5.76 Å². The first-order valence-corrected chi connectivity index (χ1v) is 11.1. The van der Waals surface area contributed by atoms with E-state index in [0.717, 1.165) is 25.7 Å². The number of carbonyl (C=O) groups is 2. The van der Waals surface area contributed by atoms with Crippen LogP contribution in [-0.2, 0) is 22.4 Å². The van der Waals surface area contributed by atoms with E-state index in [9.17, 15) is 14.7 Å². The van der Waals surface area contributed by atoms with Gasteiger partial charge in [0.15, 0.2) is 0 Å². The fourth-order valence-electron chi connectivity index (χ4n) is 4.75. The number of Topliss-reactive ketones (excluding diaryl/α,β-unsaturated/α-hetero) is 1. The molecule has 1 aromatic heterocycles. The Kier molecular flexibility index (Phi) is 5.29. The van der Waals surface area contributed by atoms with Crippen molar-refractivity contribution in [3.8, 4) is 5.75 Å². The molecule has 1 saturated heterocycles. The van der Waals surface area contributed by atoms with E-state index in [4.69, 9.17) is 9.15 Å². The van der Waals surface area contributed by atoms with Crippen LogP contribution in [0.15, 0.2) is 64.6 Å². The highest BCUT2D eigenvalue weighted by molar-refractivity contribution is 6.51. The number of carbonyl (C=O) groups excluding carboxylic acids is 2. The molecule has 0 spiro atoms. The Balaban J connectivity index is 1.66. The molecule has 2 aliphatic rings. The molecule has 1 fully saturated rings. The lowest BCUT2D eigenvalue weighted by Gasteiger charge is -2.23. The number of ketones is 1. The predicted molar refractivity (Wildman–Crippen MR) is 124 cm³/mol. The van der Waals surface area contributed by atoms with Crippen LogP contribution in [0.4, 0.5) is 5.69 Å². The molecule has 1 atom stereocenters. The molecule has 2 heterocycles. The number of anilines is 1. The minimum absolute atomic E-state index is 0.0286. The van der Waals surface area contributed by atoms with Gasteiger partial charge in [-0.15, -0.1) is 0 Å². The van der Waals surface area contributed by atoms with E-state index in [0.29, 0.717) is 28.5 Å². The van der Waals surface area contributed by atoms with Crippen molar-refractivity contribution in [2.24, 2.45) is 0 Å². The Labute approximate surface area is 192 Å². The van der Waals surface area contributed by atoms with Crippen molar-refractivity contribution in [3.05, 3.63) is 88.4 Å². The van der Waals surface area contributed by atoms with E-state index in [1.165, 1.54) is 16.0 Å². The number of hydrogen-bond donors (Lipinski definition) is 1. The van der Waals surface area contributed by atoms with Crippen LogP contribution in [0.3, 0.4) is 0 Å². The Morgan fingerprint density at radius 1 is 1.00 bits per heavy atom. The van der Waals surface area contributed by atoms with E-state index < -0.39 is 17.7 Å². The molecule has 1 amide bonds. The van der Waals surface area contributed by atoms with Gasteiger partial charge in [-0.05, 0) is 86.2 Å². The number of rotatable bonds is 4. The standard InChI is InChI=1S/C27H25NO5/c1-16-7-14-22(33-16)24-23(25(29)19-9-8-17-5-3-4-6-18(17)15-19)26(30)27(31)28(24)20-10-12-21(32-2)13-11-20/h7-15,24,29H,3-6H2,1-2H3/b25-23-. The Bertz CT molecular complexity index is 1270. The van der Waals surface area contributed by atoms with Crippen LogP contribution in [0.5, 0.6) is 5.75 Å². The second-order valence-corrected chi connectivity index (χ2v) is 8.51. The van der Waals surface area contributed by atoms with Crippen LogP contribution in [-0.4, -0.2) is 23.9 Å². The third-order valence-electron chi connectivity index (χ3n) is 6.45. The lowest BCUT2D eigenvalue weighted by atomic mass is 9.89. The number of amides is 1. The van der Waals surface area contributed by atoms with Gasteiger partial charge in [0.2, 0.25) is 0 Å². The van der Waals surface area contributed by atoms with Gasteiger partial charge in [-0.1, -0.05) is 12.1 Å². The quantitative estimate of drug-likeness (QED) is 0.345. The third-order valence-corrected chi connectivity index (χ3v) is 6.45. The normalized spacial score (nSPS) is 19.6. The number of aryl methyl sites for hydroxylation is 3. The van der Waals surface area contributed by atoms with Gasteiger partial charge in [-0.2, -0.15) is 0 Å². The van der Waals surface area contributed by atoms with Crippen molar-refractivity contribution in [3.63, 3.8) is 0 Å². The fraction of sp³-hybridized carbons (Fsp3) is 0.259. The van der Waals surface area contributed by atoms with Gasteiger partial charge in [-0.25, -0.2) is 0 Å². The highest BCUT2D eigenvalue weighted by atomic mass is 16.5. The maximum absolute atomic E-state index is 13.2. The molecule has 0 radical (unpaired) electrons. The molecule has 168 valence electrons. The van der Waals surface area contributed by atoms with Crippen molar-refractivity contribution >= 4 is 23.1 Å². The smallest absolute Gasteiger partial charge is 0.300 e. The number of methoxy groups -OCH3 is 1. The zero-order valence-corrected chi connectivity index (χ0v) is 18.6. The second kappa shape index (κ2) is 8.28. The minimum atomic E-state index is -0.872.